The van der Waals surface area contributed by atoms with Crippen molar-refractivity contribution in [1.82, 2.24) is 5.32 Å². The summed E-state index contributed by atoms with van der Waals surface area (Å²) in [7, 11) is 0. The lowest BCUT2D eigenvalue weighted by molar-refractivity contribution is -0.0518. The van der Waals surface area contributed by atoms with Crippen molar-refractivity contribution < 1.29 is 23.4 Å². The number of ether oxygens (including phenoxy) is 1. The zero-order valence-corrected chi connectivity index (χ0v) is 11.7. The van der Waals surface area contributed by atoms with Gasteiger partial charge in [-0.3, -0.25) is 0 Å². The third-order valence-electron chi connectivity index (χ3n) is 3.23. The number of amides is 1. The Morgan fingerprint density at radius 2 is 1.95 bits per heavy atom. The number of carbonyl (C=O) groups excluding carboxylic acids is 1. The molecule has 2 N–H and O–H groups in total. The van der Waals surface area contributed by atoms with E-state index in [9.17, 15) is 18.7 Å². The molecule has 0 aromatic heterocycles. The summed E-state index contributed by atoms with van der Waals surface area (Å²) in [5.41, 5.74) is -0.621. The van der Waals surface area contributed by atoms with Crippen molar-refractivity contribution in [3.63, 3.8) is 0 Å². The van der Waals surface area contributed by atoms with E-state index in [0.29, 0.717) is 12.8 Å². The molecule has 6 heteroatoms. The highest BCUT2D eigenvalue weighted by atomic mass is 19.3. The summed E-state index contributed by atoms with van der Waals surface area (Å²) in [6.07, 6.45) is -0.403. The Hall–Kier alpha value is -0.910. The van der Waals surface area contributed by atoms with Crippen LogP contribution in [0.4, 0.5) is 13.6 Å². The molecule has 1 amide bonds. The molecular formula is C13H23F2NO3. The first-order chi connectivity index (χ1) is 8.63. The molecule has 1 atom stereocenters. The van der Waals surface area contributed by atoms with Gasteiger partial charge in [0, 0.05) is 12.8 Å². The maximum atomic E-state index is 13.1. The van der Waals surface area contributed by atoms with Gasteiger partial charge in [0.1, 0.15) is 5.60 Å². The predicted octanol–water partition coefficient (Wildman–Crippen LogP) is 2.70. The first-order valence-corrected chi connectivity index (χ1v) is 6.61. The standard InChI is InChI=1S/C13H23F2NO3/c1-12(2,3)19-11(18)16-10(8-17)9-4-6-13(14,15)7-5-9/h9-10,17H,4-8H2,1-3H3,(H,16,18)/t10-/m1/s1. The number of alkyl carbamates (subject to hydrolysis) is 1. The van der Waals surface area contributed by atoms with Gasteiger partial charge in [0.05, 0.1) is 12.6 Å². The lowest BCUT2D eigenvalue weighted by Crippen LogP contribution is -2.46. The molecule has 0 radical (unpaired) electrons. The van der Waals surface area contributed by atoms with Crippen molar-refractivity contribution in [2.45, 2.75) is 64.0 Å². The second kappa shape index (κ2) is 6.03. The number of hydrogen-bond donors (Lipinski definition) is 2. The van der Waals surface area contributed by atoms with Gasteiger partial charge in [0.2, 0.25) is 5.92 Å². The second-order valence-electron chi connectivity index (χ2n) is 6.13. The molecular weight excluding hydrogens is 256 g/mol. The van der Waals surface area contributed by atoms with E-state index in [0.717, 1.165) is 0 Å². The van der Waals surface area contributed by atoms with Crippen LogP contribution in [0.25, 0.3) is 0 Å². The maximum Gasteiger partial charge on any atom is 0.407 e. The highest BCUT2D eigenvalue weighted by Gasteiger charge is 2.38. The van der Waals surface area contributed by atoms with E-state index >= 15 is 0 Å². The normalized spacial score (nSPS) is 21.8. The summed E-state index contributed by atoms with van der Waals surface area (Å²) in [6.45, 7) is 4.95. The minimum atomic E-state index is -2.61. The van der Waals surface area contributed by atoms with Crippen LogP contribution in [0.1, 0.15) is 46.5 Å². The summed E-state index contributed by atoms with van der Waals surface area (Å²) < 4.78 is 31.2. The van der Waals surface area contributed by atoms with E-state index in [-0.39, 0.29) is 25.4 Å². The molecule has 112 valence electrons. The summed E-state index contributed by atoms with van der Waals surface area (Å²) in [5, 5.41) is 11.9. The van der Waals surface area contributed by atoms with Crippen LogP contribution in [0.3, 0.4) is 0 Å². The number of aliphatic hydroxyl groups is 1. The summed E-state index contributed by atoms with van der Waals surface area (Å²) in [6, 6.07) is -0.522. The SMILES string of the molecule is CC(C)(C)OC(=O)N[C@H](CO)C1CCC(F)(F)CC1. The molecule has 0 unspecified atom stereocenters. The van der Waals surface area contributed by atoms with E-state index in [1.165, 1.54) is 0 Å². The van der Waals surface area contributed by atoms with Crippen molar-refractivity contribution in [3.8, 4) is 0 Å². The van der Waals surface area contributed by atoms with E-state index in [1.54, 1.807) is 20.8 Å². The van der Waals surface area contributed by atoms with E-state index in [1.807, 2.05) is 0 Å². The lowest BCUT2D eigenvalue weighted by Gasteiger charge is -2.33. The molecule has 1 fully saturated rings. The van der Waals surface area contributed by atoms with Crippen LogP contribution in [0.5, 0.6) is 0 Å². The minimum absolute atomic E-state index is 0.128. The van der Waals surface area contributed by atoms with Crippen LogP contribution in [-0.4, -0.2) is 35.4 Å². The molecule has 0 spiro atoms. The predicted molar refractivity (Wildman–Crippen MR) is 67.1 cm³/mol. The summed E-state index contributed by atoms with van der Waals surface area (Å²) in [4.78, 5) is 11.6. The average Bonchev–Trinajstić information content (AvgIpc) is 2.24. The van der Waals surface area contributed by atoms with Gasteiger partial charge in [-0.25, -0.2) is 13.6 Å². The topological polar surface area (TPSA) is 58.6 Å². The van der Waals surface area contributed by atoms with Crippen molar-refractivity contribution in [2.75, 3.05) is 6.61 Å². The zero-order chi connectivity index (χ0) is 14.7. The van der Waals surface area contributed by atoms with Crippen LogP contribution < -0.4 is 5.32 Å². The quantitative estimate of drug-likeness (QED) is 0.835. The number of carbonyl (C=O) groups is 1. The van der Waals surface area contributed by atoms with Crippen LogP contribution in [-0.2, 0) is 4.74 Å². The second-order valence-corrected chi connectivity index (χ2v) is 6.13. The van der Waals surface area contributed by atoms with E-state index < -0.39 is 23.7 Å². The van der Waals surface area contributed by atoms with Gasteiger partial charge in [-0.15, -0.1) is 0 Å². The number of nitrogens with one attached hydrogen (secondary N) is 1. The summed E-state index contributed by atoms with van der Waals surface area (Å²) in [5.74, 6) is -2.74. The molecule has 0 saturated heterocycles. The molecule has 1 rings (SSSR count). The molecule has 4 nitrogen and oxygen atoms in total. The van der Waals surface area contributed by atoms with Gasteiger partial charge in [-0.05, 0) is 39.5 Å². The number of aliphatic hydroxyl groups excluding tert-OH is 1. The average molecular weight is 279 g/mol. The van der Waals surface area contributed by atoms with Crippen molar-refractivity contribution in [1.29, 1.82) is 0 Å². The Morgan fingerprint density at radius 3 is 2.37 bits per heavy atom. The van der Waals surface area contributed by atoms with Crippen LogP contribution >= 0.6 is 0 Å². The fourth-order valence-corrected chi connectivity index (χ4v) is 2.24. The fourth-order valence-electron chi connectivity index (χ4n) is 2.24. The van der Waals surface area contributed by atoms with E-state index in [2.05, 4.69) is 5.32 Å². The number of halogens is 2. The third-order valence-corrected chi connectivity index (χ3v) is 3.23. The van der Waals surface area contributed by atoms with Crippen molar-refractivity contribution >= 4 is 6.09 Å². The van der Waals surface area contributed by atoms with Gasteiger partial charge < -0.3 is 15.2 Å². The molecule has 19 heavy (non-hydrogen) atoms. The third kappa shape index (κ3) is 5.72. The Balaban J connectivity index is 2.48. The molecule has 1 saturated carbocycles. The van der Waals surface area contributed by atoms with E-state index in [4.69, 9.17) is 4.74 Å². The first-order valence-electron chi connectivity index (χ1n) is 6.61. The highest BCUT2D eigenvalue weighted by molar-refractivity contribution is 5.68. The van der Waals surface area contributed by atoms with Gasteiger partial charge >= 0.3 is 6.09 Å². The Labute approximate surface area is 112 Å². The largest absolute Gasteiger partial charge is 0.444 e. The molecule has 0 aromatic rings. The molecule has 0 aliphatic heterocycles. The molecule has 0 aromatic carbocycles. The van der Waals surface area contributed by atoms with Crippen LogP contribution in [0.2, 0.25) is 0 Å². The van der Waals surface area contributed by atoms with Crippen molar-refractivity contribution in [2.24, 2.45) is 5.92 Å². The highest BCUT2D eigenvalue weighted by Crippen LogP contribution is 2.37. The van der Waals surface area contributed by atoms with Gasteiger partial charge in [-0.2, -0.15) is 0 Å². The van der Waals surface area contributed by atoms with Gasteiger partial charge in [0.15, 0.2) is 0 Å². The Morgan fingerprint density at radius 1 is 1.42 bits per heavy atom. The zero-order valence-electron chi connectivity index (χ0n) is 11.7. The molecule has 1 aliphatic carbocycles. The monoisotopic (exact) mass is 279 g/mol. The summed E-state index contributed by atoms with van der Waals surface area (Å²) >= 11 is 0. The maximum absolute atomic E-state index is 13.1. The Kier molecular flexibility index (Phi) is 5.12. The number of hydrogen-bond acceptors (Lipinski definition) is 3. The van der Waals surface area contributed by atoms with Crippen LogP contribution in [0.15, 0.2) is 0 Å². The smallest absolute Gasteiger partial charge is 0.407 e. The fraction of sp³-hybridized carbons (Fsp3) is 0.923. The number of alkyl halides is 2. The van der Waals surface area contributed by atoms with Crippen molar-refractivity contribution in [3.05, 3.63) is 0 Å². The molecule has 1 aliphatic rings. The molecule has 0 heterocycles. The van der Waals surface area contributed by atoms with Crippen LogP contribution in [0, 0.1) is 5.92 Å². The Bertz CT molecular complexity index is 306. The van der Waals surface area contributed by atoms with Gasteiger partial charge in [0.25, 0.3) is 0 Å². The first kappa shape index (κ1) is 16.1. The lowest BCUT2D eigenvalue weighted by atomic mass is 9.82. The molecule has 0 bridgehead atoms. The minimum Gasteiger partial charge on any atom is -0.444 e. The van der Waals surface area contributed by atoms with Gasteiger partial charge in [-0.1, -0.05) is 0 Å². The number of rotatable bonds is 3.